The van der Waals surface area contributed by atoms with Crippen molar-refractivity contribution in [3.8, 4) is 5.75 Å². The Balaban J connectivity index is 1.94. The van der Waals surface area contributed by atoms with Crippen molar-refractivity contribution in [2.24, 2.45) is 11.1 Å². The molecule has 1 aliphatic carbocycles. The Bertz CT molecular complexity index is 525. The van der Waals surface area contributed by atoms with Gasteiger partial charge in [0.15, 0.2) is 0 Å². The summed E-state index contributed by atoms with van der Waals surface area (Å²) in [5.74, 6) is 0.819. The first-order chi connectivity index (χ1) is 10.1. The van der Waals surface area contributed by atoms with Crippen molar-refractivity contribution in [1.29, 1.82) is 0 Å². The Morgan fingerprint density at radius 1 is 1.38 bits per heavy atom. The number of methoxy groups -OCH3 is 1. The second kappa shape index (κ2) is 6.89. The molecule has 5 heteroatoms. The predicted octanol–water partition coefficient (Wildman–Crippen LogP) is 2.20. The number of hydrogen-bond acceptors (Lipinski definition) is 3. The molecule has 0 spiro atoms. The van der Waals surface area contributed by atoms with Gasteiger partial charge < -0.3 is 15.8 Å². The maximum absolute atomic E-state index is 12.4. The smallest absolute Gasteiger partial charge is 0.233 e. The first kappa shape index (κ1) is 15.8. The van der Waals surface area contributed by atoms with Gasteiger partial charge in [-0.25, -0.2) is 0 Å². The van der Waals surface area contributed by atoms with Crippen LogP contribution >= 0.6 is 12.2 Å². The number of benzene rings is 1. The minimum Gasteiger partial charge on any atom is -0.496 e. The van der Waals surface area contributed by atoms with E-state index in [1.807, 2.05) is 24.3 Å². The summed E-state index contributed by atoms with van der Waals surface area (Å²) in [6.07, 6.45) is 4.28. The fraction of sp³-hybridized carbons (Fsp3) is 0.500. The summed E-state index contributed by atoms with van der Waals surface area (Å²) in [6.45, 7) is 0.559. The SMILES string of the molecule is COc1ccccc1CCNC(=O)C1(C(N)=S)CCCC1. The maximum atomic E-state index is 12.4. The molecule has 0 aliphatic heterocycles. The van der Waals surface area contributed by atoms with Gasteiger partial charge in [0, 0.05) is 6.54 Å². The number of nitrogens with one attached hydrogen (secondary N) is 1. The fourth-order valence-electron chi connectivity index (χ4n) is 2.95. The van der Waals surface area contributed by atoms with Crippen LogP contribution in [0.25, 0.3) is 0 Å². The number of carbonyl (C=O) groups excluding carboxylic acids is 1. The molecular weight excluding hydrogens is 284 g/mol. The molecule has 0 radical (unpaired) electrons. The Morgan fingerprint density at radius 3 is 2.67 bits per heavy atom. The highest BCUT2D eigenvalue weighted by molar-refractivity contribution is 7.80. The van der Waals surface area contributed by atoms with Crippen LogP contribution < -0.4 is 15.8 Å². The van der Waals surface area contributed by atoms with E-state index in [1.54, 1.807) is 7.11 Å². The molecule has 1 aromatic rings. The summed E-state index contributed by atoms with van der Waals surface area (Å²) in [7, 11) is 1.65. The summed E-state index contributed by atoms with van der Waals surface area (Å²) >= 11 is 5.12. The third-order valence-corrected chi connectivity index (χ3v) is 4.63. The van der Waals surface area contributed by atoms with Crippen LogP contribution in [0.5, 0.6) is 5.75 Å². The molecule has 1 fully saturated rings. The predicted molar refractivity (Wildman–Crippen MR) is 87.4 cm³/mol. The molecular formula is C16H22N2O2S. The third kappa shape index (κ3) is 3.35. The molecule has 0 heterocycles. The topological polar surface area (TPSA) is 64.3 Å². The van der Waals surface area contributed by atoms with Crippen LogP contribution in [0.3, 0.4) is 0 Å². The van der Waals surface area contributed by atoms with Gasteiger partial charge in [-0.1, -0.05) is 43.3 Å². The van der Waals surface area contributed by atoms with Crippen molar-refractivity contribution in [2.75, 3.05) is 13.7 Å². The summed E-state index contributed by atoms with van der Waals surface area (Å²) in [5.41, 5.74) is 6.26. The molecule has 0 saturated heterocycles. The van der Waals surface area contributed by atoms with E-state index in [0.717, 1.165) is 43.4 Å². The van der Waals surface area contributed by atoms with E-state index < -0.39 is 5.41 Å². The number of amides is 1. The second-order valence-corrected chi connectivity index (χ2v) is 5.91. The third-order valence-electron chi connectivity index (χ3n) is 4.24. The van der Waals surface area contributed by atoms with Gasteiger partial charge in [0.05, 0.1) is 17.5 Å². The molecule has 1 saturated carbocycles. The largest absolute Gasteiger partial charge is 0.496 e. The lowest BCUT2D eigenvalue weighted by molar-refractivity contribution is -0.127. The van der Waals surface area contributed by atoms with Gasteiger partial charge >= 0.3 is 0 Å². The second-order valence-electron chi connectivity index (χ2n) is 5.47. The van der Waals surface area contributed by atoms with Gasteiger partial charge in [-0.15, -0.1) is 0 Å². The van der Waals surface area contributed by atoms with Gasteiger partial charge in [0.25, 0.3) is 0 Å². The van der Waals surface area contributed by atoms with E-state index in [2.05, 4.69) is 5.32 Å². The van der Waals surface area contributed by atoms with E-state index in [4.69, 9.17) is 22.7 Å². The van der Waals surface area contributed by atoms with E-state index in [0.29, 0.717) is 11.5 Å². The van der Waals surface area contributed by atoms with Crippen molar-refractivity contribution >= 4 is 23.1 Å². The number of thiocarbonyl (C=S) groups is 1. The van der Waals surface area contributed by atoms with E-state index in [9.17, 15) is 4.79 Å². The quantitative estimate of drug-likeness (QED) is 0.791. The molecule has 21 heavy (non-hydrogen) atoms. The zero-order chi connectivity index (χ0) is 15.3. The van der Waals surface area contributed by atoms with Crippen LogP contribution in [0.1, 0.15) is 31.2 Å². The van der Waals surface area contributed by atoms with Crippen LogP contribution in [0, 0.1) is 5.41 Å². The molecule has 1 amide bonds. The lowest BCUT2D eigenvalue weighted by Crippen LogP contribution is -2.47. The number of carbonyl (C=O) groups is 1. The Labute approximate surface area is 131 Å². The van der Waals surface area contributed by atoms with E-state index in [1.165, 1.54) is 0 Å². The number of ether oxygens (including phenoxy) is 1. The van der Waals surface area contributed by atoms with Gasteiger partial charge in [0.1, 0.15) is 5.75 Å². The molecule has 0 bridgehead atoms. The Hall–Kier alpha value is -1.62. The Kier molecular flexibility index (Phi) is 5.17. The summed E-state index contributed by atoms with van der Waals surface area (Å²) < 4.78 is 5.31. The van der Waals surface area contributed by atoms with Crippen molar-refractivity contribution in [2.45, 2.75) is 32.1 Å². The zero-order valence-corrected chi connectivity index (χ0v) is 13.2. The minimum absolute atomic E-state index is 0.0256. The molecule has 1 aromatic carbocycles. The van der Waals surface area contributed by atoms with Crippen LogP contribution in [0.15, 0.2) is 24.3 Å². The van der Waals surface area contributed by atoms with Crippen molar-refractivity contribution < 1.29 is 9.53 Å². The molecule has 0 atom stereocenters. The highest BCUT2D eigenvalue weighted by atomic mass is 32.1. The lowest BCUT2D eigenvalue weighted by atomic mass is 9.85. The maximum Gasteiger partial charge on any atom is 0.233 e. The lowest BCUT2D eigenvalue weighted by Gasteiger charge is -2.26. The average molecular weight is 306 g/mol. The van der Waals surface area contributed by atoms with Crippen LogP contribution in [0.2, 0.25) is 0 Å². The molecule has 114 valence electrons. The van der Waals surface area contributed by atoms with Gasteiger partial charge in [-0.2, -0.15) is 0 Å². The van der Waals surface area contributed by atoms with Crippen molar-refractivity contribution in [3.05, 3.63) is 29.8 Å². The van der Waals surface area contributed by atoms with Crippen molar-refractivity contribution in [1.82, 2.24) is 5.32 Å². The van der Waals surface area contributed by atoms with Gasteiger partial charge in [0.2, 0.25) is 5.91 Å². The zero-order valence-electron chi connectivity index (χ0n) is 12.4. The van der Waals surface area contributed by atoms with E-state index in [-0.39, 0.29) is 5.91 Å². The highest BCUT2D eigenvalue weighted by Gasteiger charge is 2.43. The van der Waals surface area contributed by atoms with E-state index >= 15 is 0 Å². The summed E-state index contributed by atoms with van der Waals surface area (Å²) in [5, 5.41) is 2.98. The number of rotatable bonds is 6. The monoisotopic (exact) mass is 306 g/mol. The van der Waals surface area contributed by atoms with Gasteiger partial charge in [-0.05, 0) is 30.9 Å². The Morgan fingerprint density at radius 2 is 2.05 bits per heavy atom. The normalized spacial score (nSPS) is 16.4. The molecule has 0 aromatic heterocycles. The van der Waals surface area contributed by atoms with Crippen LogP contribution in [-0.4, -0.2) is 24.6 Å². The number of hydrogen-bond donors (Lipinski definition) is 2. The summed E-state index contributed by atoms with van der Waals surface area (Å²) in [6, 6.07) is 7.82. The van der Waals surface area contributed by atoms with Gasteiger partial charge in [-0.3, -0.25) is 4.79 Å². The average Bonchev–Trinajstić information content (AvgIpc) is 2.98. The molecule has 3 N–H and O–H groups in total. The minimum atomic E-state index is -0.629. The number of para-hydroxylation sites is 1. The number of nitrogens with two attached hydrogens (primary N) is 1. The first-order valence-electron chi connectivity index (χ1n) is 7.30. The van der Waals surface area contributed by atoms with Crippen LogP contribution in [-0.2, 0) is 11.2 Å². The first-order valence-corrected chi connectivity index (χ1v) is 7.71. The molecule has 4 nitrogen and oxygen atoms in total. The molecule has 1 aliphatic rings. The highest BCUT2D eigenvalue weighted by Crippen LogP contribution is 2.38. The molecule has 2 rings (SSSR count). The van der Waals surface area contributed by atoms with Crippen LogP contribution in [0.4, 0.5) is 0 Å². The molecule has 0 unspecified atom stereocenters. The van der Waals surface area contributed by atoms with Crippen molar-refractivity contribution in [3.63, 3.8) is 0 Å². The standard InChI is InChI=1S/C16H22N2O2S/c1-20-13-7-3-2-6-12(13)8-11-18-15(19)16(14(17)21)9-4-5-10-16/h2-3,6-7H,4-5,8-11H2,1H3,(H2,17,21)(H,18,19). The fourth-order valence-corrected chi connectivity index (χ4v) is 3.25. The summed E-state index contributed by atoms with van der Waals surface area (Å²) in [4.78, 5) is 12.8.